The molecule has 0 spiro atoms. The van der Waals surface area contributed by atoms with Crippen LogP contribution < -0.4 is 0 Å². The van der Waals surface area contributed by atoms with Crippen LogP contribution >= 0.6 is 0 Å². The second-order valence-corrected chi connectivity index (χ2v) is 4.94. The van der Waals surface area contributed by atoms with Gasteiger partial charge in [-0.2, -0.15) is 0 Å². The summed E-state index contributed by atoms with van der Waals surface area (Å²) in [6.07, 6.45) is 7.85. The van der Waals surface area contributed by atoms with E-state index in [0.29, 0.717) is 12.3 Å². The molecule has 0 fully saturated rings. The van der Waals surface area contributed by atoms with Crippen LogP contribution in [-0.4, -0.2) is 23.9 Å². The van der Waals surface area contributed by atoms with Crippen molar-refractivity contribution < 1.29 is 4.79 Å². The molecule has 0 bridgehead atoms. The molecular weight excluding hydrogens is 222 g/mol. The number of aryl methyl sites for hydroxylation is 2. The Bertz CT molecular complexity index is 419. The van der Waals surface area contributed by atoms with E-state index in [1.54, 1.807) is 0 Å². The molecule has 1 aromatic carbocycles. The zero-order valence-corrected chi connectivity index (χ0v) is 11.1. The number of benzene rings is 1. The minimum Gasteiger partial charge on any atom is -0.339 e. The van der Waals surface area contributed by atoms with Crippen molar-refractivity contribution in [1.29, 1.82) is 0 Å². The summed E-state index contributed by atoms with van der Waals surface area (Å²) >= 11 is 0. The van der Waals surface area contributed by atoms with E-state index < -0.39 is 0 Å². The minimum atomic E-state index is 0.298. The quantitative estimate of drug-likeness (QED) is 0.744. The molecule has 1 aliphatic rings. The molecule has 1 aliphatic heterocycles. The topological polar surface area (TPSA) is 20.3 Å². The first-order valence-electron chi connectivity index (χ1n) is 6.74. The van der Waals surface area contributed by atoms with Crippen LogP contribution in [0.1, 0.15) is 30.4 Å². The van der Waals surface area contributed by atoms with Gasteiger partial charge in [0.2, 0.25) is 5.91 Å². The maximum absolute atomic E-state index is 11.9. The molecule has 96 valence electrons. The van der Waals surface area contributed by atoms with Gasteiger partial charge in [0.25, 0.3) is 0 Å². The number of rotatable bonds is 4. The molecule has 0 aliphatic carbocycles. The molecule has 1 heterocycles. The fraction of sp³-hybridized carbons (Fsp3) is 0.438. The lowest BCUT2D eigenvalue weighted by molar-refractivity contribution is -0.130. The Balaban J connectivity index is 1.73. The van der Waals surface area contributed by atoms with E-state index in [9.17, 15) is 4.79 Å². The maximum atomic E-state index is 11.9. The van der Waals surface area contributed by atoms with Crippen molar-refractivity contribution in [1.82, 2.24) is 4.90 Å². The lowest BCUT2D eigenvalue weighted by Crippen LogP contribution is -2.33. The predicted molar refractivity (Wildman–Crippen MR) is 74.5 cm³/mol. The standard InChI is InChI=1S/C16H21NO/c1-14-8-10-15(11-9-14)6-5-7-16(18)17-12-3-2-4-13-17/h2-3,8-11H,4-7,12-13H2,1H3. The van der Waals surface area contributed by atoms with Gasteiger partial charge in [-0.1, -0.05) is 42.0 Å². The zero-order chi connectivity index (χ0) is 12.8. The summed E-state index contributed by atoms with van der Waals surface area (Å²) in [4.78, 5) is 13.9. The predicted octanol–water partition coefficient (Wildman–Crippen LogP) is 3.11. The summed E-state index contributed by atoms with van der Waals surface area (Å²) in [5, 5.41) is 0. The summed E-state index contributed by atoms with van der Waals surface area (Å²) < 4.78 is 0. The minimum absolute atomic E-state index is 0.298. The van der Waals surface area contributed by atoms with Crippen LogP contribution in [0.15, 0.2) is 36.4 Å². The van der Waals surface area contributed by atoms with Crippen molar-refractivity contribution in [3.05, 3.63) is 47.5 Å². The Morgan fingerprint density at radius 2 is 2.00 bits per heavy atom. The third kappa shape index (κ3) is 3.73. The molecule has 0 radical (unpaired) electrons. The maximum Gasteiger partial charge on any atom is 0.222 e. The van der Waals surface area contributed by atoms with E-state index in [1.165, 1.54) is 11.1 Å². The van der Waals surface area contributed by atoms with Crippen LogP contribution in [0, 0.1) is 6.92 Å². The van der Waals surface area contributed by atoms with E-state index in [-0.39, 0.29) is 0 Å². The molecule has 1 aromatic rings. The molecule has 18 heavy (non-hydrogen) atoms. The zero-order valence-electron chi connectivity index (χ0n) is 11.1. The molecule has 0 N–H and O–H groups in total. The fourth-order valence-electron chi connectivity index (χ4n) is 2.22. The third-order valence-electron chi connectivity index (χ3n) is 3.39. The Kier molecular flexibility index (Phi) is 4.57. The van der Waals surface area contributed by atoms with Crippen molar-refractivity contribution in [2.45, 2.75) is 32.6 Å². The summed E-state index contributed by atoms with van der Waals surface area (Å²) in [6, 6.07) is 8.58. The first kappa shape index (κ1) is 12.9. The van der Waals surface area contributed by atoms with Crippen molar-refractivity contribution in [3.8, 4) is 0 Å². The smallest absolute Gasteiger partial charge is 0.222 e. The lowest BCUT2D eigenvalue weighted by Gasteiger charge is -2.23. The number of hydrogen-bond acceptors (Lipinski definition) is 1. The van der Waals surface area contributed by atoms with Crippen molar-refractivity contribution in [2.75, 3.05) is 13.1 Å². The highest BCUT2D eigenvalue weighted by atomic mass is 16.2. The lowest BCUT2D eigenvalue weighted by atomic mass is 10.1. The number of carbonyl (C=O) groups is 1. The molecule has 2 nitrogen and oxygen atoms in total. The van der Waals surface area contributed by atoms with Crippen LogP contribution in [-0.2, 0) is 11.2 Å². The van der Waals surface area contributed by atoms with Crippen molar-refractivity contribution in [2.24, 2.45) is 0 Å². The van der Waals surface area contributed by atoms with Gasteiger partial charge in [-0.25, -0.2) is 0 Å². The number of carbonyl (C=O) groups excluding carboxylic acids is 1. The largest absolute Gasteiger partial charge is 0.339 e. The molecular formula is C16H21NO. The SMILES string of the molecule is Cc1ccc(CCCC(=O)N2CC=CCC2)cc1. The molecule has 0 atom stereocenters. The van der Waals surface area contributed by atoms with Gasteiger partial charge in [-0.05, 0) is 31.7 Å². The van der Waals surface area contributed by atoms with Gasteiger partial charge in [0, 0.05) is 19.5 Å². The van der Waals surface area contributed by atoms with Gasteiger partial charge in [0.15, 0.2) is 0 Å². The van der Waals surface area contributed by atoms with Gasteiger partial charge >= 0.3 is 0 Å². The summed E-state index contributed by atoms with van der Waals surface area (Å²) in [5.74, 6) is 0.298. The molecule has 0 aromatic heterocycles. The van der Waals surface area contributed by atoms with E-state index in [4.69, 9.17) is 0 Å². The Hall–Kier alpha value is -1.57. The highest BCUT2D eigenvalue weighted by Gasteiger charge is 2.12. The van der Waals surface area contributed by atoms with Gasteiger partial charge in [-0.15, -0.1) is 0 Å². The van der Waals surface area contributed by atoms with E-state index >= 15 is 0 Å². The van der Waals surface area contributed by atoms with E-state index in [1.807, 2.05) is 4.90 Å². The summed E-state index contributed by atoms with van der Waals surface area (Å²) in [6.45, 7) is 3.78. The third-order valence-corrected chi connectivity index (χ3v) is 3.39. The Morgan fingerprint density at radius 1 is 1.22 bits per heavy atom. The van der Waals surface area contributed by atoms with Crippen molar-refractivity contribution >= 4 is 5.91 Å². The summed E-state index contributed by atoms with van der Waals surface area (Å²) in [5.41, 5.74) is 2.61. The molecule has 2 rings (SSSR count). The van der Waals surface area contributed by atoms with Gasteiger partial charge < -0.3 is 4.90 Å². The Morgan fingerprint density at radius 3 is 2.67 bits per heavy atom. The van der Waals surface area contributed by atoms with Gasteiger partial charge in [-0.3, -0.25) is 4.79 Å². The van der Waals surface area contributed by atoms with Gasteiger partial charge in [0.1, 0.15) is 0 Å². The van der Waals surface area contributed by atoms with Crippen LogP contribution in [0.4, 0.5) is 0 Å². The molecule has 0 unspecified atom stereocenters. The van der Waals surface area contributed by atoms with Crippen LogP contribution in [0.2, 0.25) is 0 Å². The molecule has 0 saturated carbocycles. The monoisotopic (exact) mass is 243 g/mol. The second-order valence-electron chi connectivity index (χ2n) is 4.94. The first-order chi connectivity index (χ1) is 8.75. The summed E-state index contributed by atoms with van der Waals surface area (Å²) in [7, 11) is 0. The van der Waals surface area contributed by atoms with Crippen LogP contribution in [0.3, 0.4) is 0 Å². The number of hydrogen-bond donors (Lipinski definition) is 0. The van der Waals surface area contributed by atoms with Crippen molar-refractivity contribution in [3.63, 3.8) is 0 Å². The molecule has 2 heteroatoms. The number of nitrogens with zero attached hydrogens (tertiary/aromatic N) is 1. The Labute approximate surface area is 109 Å². The van der Waals surface area contributed by atoms with Crippen LogP contribution in [0.5, 0.6) is 0 Å². The normalized spacial score (nSPS) is 14.8. The van der Waals surface area contributed by atoms with E-state index in [2.05, 4.69) is 43.3 Å². The first-order valence-corrected chi connectivity index (χ1v) is 6.74. The second kappa shape index (κ2) is 6.39. The van der Waals surface area contributed by atoms with Crippen LogP contribution in [0.25, 0.3) is 0 Å². The highest BCUT2D eigenvalue weighted by Crippen LogP contribution is 2.10. The van der Waals surface area contributed by atoms with Gasteiger partial charge in [0.05, 0.1) is 0 Å². The number of amides is 1. The average molecular weight is 243 g/mol. The molecule has 0 saturated heterocycles. The fourth-order valence-corrected chi connectivity index (χ4v) is 2.22. The van der Waals surface area contributed by atoms with E-state index in [0.717, 1.165) is 32.4 Å². The highest BCUT2D eigenvalue weighted by molar-refractivity contribution is 5.76. The molecule has 1 amide bonds. The average Bonchev–Trinajstić information content (AvgIpc) is 2.42.